The normalized spacial score (nSPS) is 12.2. The van der Waals surface area contributed by atoms with Crippen molar-refractivity contribution in [1.82, 2.24) is 14.5 Å². The predicted octanol–water partition coefficient (Wildman–Crippen LogP) is 9.36. The maximum absolute atomic E-state index is 6.51. The number of hydrogen-bond donors (Lipinski definition) is 0. The Bertz CT molecular complexity index is 1740. The van der Waals surface area contributed by atoms with Gasteiger partial charge < -0.3 is 4.42 Å². The molecule has 0 saturated heterocycles. The van der Waals surface area contributed by atoms with Crippen molar-refractivity contribution in [2.75, 3.05) is 0 Å². The molecule has 0 spiro atoms. The molecule has 0 aliphatic rings. The van der Waals surface area contributed by atoms with E-state index in [1.165, 1.54) is 16.8 Å². The molecule has 0 amide bonds. The second-order valence-corrected chi connectivity index (χ2v) is 10.9. The molecule has 6 rings (SSSR count). The highest BCUT2D eigenvalue weighted by Crippen LogP contribution is 2.40. The number of para-hydroxylation sites is 4. The number of rotatable bonds is 5. The van der Waals surface area contributed by atoms with E-state index in [4.69, 9.17) is 14.4 Å². The van der Waals surface area contributed by atoms with Gasteiger partial charge in [0.15, 0.2) is 0 Å². The molecule has 3 aromatic heterocycles. The van der Waals surface area contributed by atoms with Crippen molar-refractivity contribution < 1.29 is 4.42 Å². The first kappa shape index (κ1) is 23.5. The Hall–Kier alpha value is -3.92. The van der Waals surface area contributed by atoms with Crippen LogP contribution in [0.25, 0.3) is 50.2 Å². The molecule has 3 heterocycles. The molecule has 186 valence electrons. The molecule has 0 saturated carbocycles. The molecule has 0 N–H and O–H groups in total. The van der Waals surface area contributed by atoms with Crippen LogP contribution in [-0.4, -0.2) is 14.5 Å². The third kappa shape index (κ3) is 3.74. The first-order chi connectivity index (χ1) is 17.8. The van der Waals surface area contributed by atoms with Crippen molar-refractivity contribution in [1.29, 1.82) is 0 Å². The summed E-state index contributed by atoms with van der Waals surface area (Å²) >= 11 is 0. The van der Waals surface area contributed by atoms with Gasteiger partial charge in [0.25, 0.3) is 0 Å². The van der Waals surface area contributed by atoms with Gasteiger partial charge in [0.2, 0.25) is 5.71 Å². The second kappa shape index (κ2) is 8.88. The Morgan fingerprint density at radius 1 is 0.649 bits per heavy atom. The lowest BCUT2D eigenvalue weighted by Gasteiger charge is -2.22. The van der Waals surface area contributed by atoms with Gasteiger partial charge in [0.05, 0.1) is 22.3 Å². The van der Waals surface area contributed by atoms with Crippen LogP contribution in [0, 0.1) is 0 Å². The average molecular weight is 488 g/mol. The summed E-state index contributed by atoms with van der Waals surface area (Å²) < 4.78 is 8.86. The molecule has 4 nitrogen and oxygen atoms in total. The molecule has 3 aromatic carbocycles. The number of aromatic nitrogens is 3. The van der Waals surface area contributed by atoms with Gasteiger partial charge in [-0.1, -0.05) is 84.0 Å². The minimum Gasteiger partial charge on any atom is -0.437 e. The van der Waals surface area contributed by atoms with Crippen LogP contribution >= 0.6 is 0 Å². The highest BCUT2D eigenvalue weighted by atomic mass is 16.3. The maximum atomic E-state index is 6.51. The van der Waals surface area contributed by atoms with Crippen LogP contribution in [-0.2, 0) is 0 Å². The number of furan rings is 1. The van der Waals surface area contributed by atoms with Crippen LogP contribution in [0.5, 0.6) is 0 Å². The van der Waals surface area contributed by atoms with Crippen molar-refractivity contribution in [3.8, 4) is 17.1 Å². The summed E-state index contributed by atoms with van der Waals surface area (Å²) in [5.74, 6) is 1.96. The molecule has 6 aromatic rings. The Labute approximate surface area is 218 Å². The molecule has 0 radical (unpaired) electrons. The number of pyridine rings is 1. The summed E-state index contributed by atoms with van der Waals surface area (Å²) in [5.41, 5.74) is 9.45. The van der Waals surface area contributed by atoms with Crippen molar-refractivity contribution >= 4 is 33.1 Å². The van der Waals surface area contributed by atoms with E-state index in [1.54, 1.807) is 0 Å². The van der Waals surface area contributed by atoms with Gasteiger partial charge in [-0.2, -0.15) is 0 Å². The number of imidazole rings is 1. The average Bonchev–Trinajstić information content (AvgIpc) is 3.46. The second-order valence-electron chi connectivity index (χ2n) is 10.9. The van der Waals surface area contributed by atoms with Crippen LogP contribution in [0.15, 0.2) is 77.2 Å². The smallest absolute Gasteiger partial charge is 0.227 e. The molecule has 0 unspecified atom stereocenters. The Balaban J connectivity index is 1.72. The largest absolute Gasteiger partial charge is 0.437 e. The van der Waals surface area contributed by atoms with Gasteiger partial charge >= 0.3 is 0 Å². The first-order valence-corrected chi connectivity index (χ1v) is 13.3. The minimum atomic E-state index is 0.336. The minimum absolute atomic E-state index is 0.336. The molecule has 0 atom stereocenters. The summed E-state index contributed by atoms with van der Waals surface area (Å²) in [6.07, 6.45) is 0. The Kier molecular flexibility index (Phi) is 5.63. The number of nitrogens with zero attached hydrogens (tertiary/aromatic N) is 3. The third-order valence-corrected chi connectivity index (χ3v) is 7.35. The van der Waals surface area contributed by atoms with Crippen LogP contribution in [0.1, 0.15) is 76.1 Å². The van der Waals surface area contributed by atoms with Crippen molar-refractivity contribution in [2.45, 2.75) is 59.3 Å². The van der Waals surface area contributed by atoms with Crippen molar-refractivity contribution in [2.24, 2.45) is 0 Å². The van der Waals surface area contributed by atoms with E-state index >= 15 is 0 Å². The van der Waals surface area contributed by atoms with Crippen molar-refractivity contribution in [3.63, 3.8) is 0 Å². The van der Waals surface area contributed by atoms with E-state index in [9.17, 15) is 0 Å². The standard InChI is InChI=1S/C33H33N3O/c1-19(2)22-11-9-12-23(20(3)4)30(22)36-29-16-8-7-15-28(29)34-32(36)26-14-10-13-24-25-17-18-27(21(5)6)35-33(25)37-31(24)26/h7-21H,1-6H3. The molecule has 0 aliphatic carbocycles. The maximum Gasteiger partial charge on any atom is 0.227 e. The highest BCUT2D eigenvalue weighted by Gasteiger charge is 2.24. The van der Waals surface area contributed by atoms with Gasteiger partial charge in [-0.15, -0.1) is 0 Å². The van der Waals surface area contributed by atoms with E-state index in [0.29, 0.717) is 23.5 Å². The molecule has 4 heteroatoms. The van der Waals surface area contributed by atoms with Gasteiger partial charge in [0, 0.05) is 16.5 Å². The zero-order valence-electron chi connectivity index (χ0n) is 22.4. The molecule has 0 fully saturated rings. The lowest BCUT2D eigenvalue weighted by Crippen LogP contribution is -2.08. The Morgan fingerprint density at radius 3 is 2.05 bits per heavy atom. The highest BCUT2D eigenvalue weighted by molar-refractivity contribution is 6.08. The zero-order chi connectivity index (χ0) is 25.8. The molecule has 0 bridgehead atoms. The fraction of sp³-hybridized carbons (Fsp3) is 0.273. The summed E-state index contributed by atoms with van der Waals surface area (Å²) in [4.78, 5) is 10.1. The molecule has 37 heavy (non-hydrogen) atoms. The number of benzene rings is 3. The number of fused-ring (bicyclic) bond motifs is 4. The summed E-state index contributed by atoms with van der Waals surface area (Å²) in [6.45, 7) is 13.4. The van der Waals surface area contributed by atoms with Gasteiger partial charge in [0.1, 0.15) is 11.4 Å². The van der Waals surface area contributed by atoms with E-state index in [0.717, 1.165) is 44.5 Å². The number of hydrogen-bond acceptors (Lipinski definition) is 3. The summed E-state index contributed by atoms with van der Waals surface area (Å²) in [5, 5.41) is 2.10. The van der Waals surface area contributed by atoms with Crippen LogP contribution < -0.4 is 0 Å². The lowest BCUT2D eigenvalue weighted by atomic mass is 9.92. The van der Waals surface area contributed by atoms with Gasteiger partial charge in [-0.25, -0.2) is 9.97 Å². The SMILES string of the molecule is CC(C)c1ccc2c(n1)oc1c(-c3nc4ccccc4n3-c3c(C(C)C)cccc3C(C)C)cccc12. The molecular formula is C33H33N3O. The van der Waals surface area contributed by atoms with Gasteiger partial charge in [-0.3, -0.25) is 4.57 Å². The molecular weight excluding hydrogens is 454 g/mol. The van der Waals surface area contributed by atoms with Crippen LogP contribution in [0.4, 0.5) is 0 Å². The van der Waals surface area contributed by atoms with E-state index in [1.807, 2.05) is 0 Å². The van der Waals surface area contributed by atoms with Crippen LogP contribution in [0.2, 0.25) is 0 Å². The zero-order valence-corrected chi connectivity index (χ0v) is 22.4. The first-order valence-electron chi connectivity index (χ1n) is 13.3. The Morgan fingerprint density at radius 2 is 1.35 bits per heavy atom. The third-order valence-electron chi connectivity index (χ3n) is 7.35. The summed E-state index contributed by atoms with van der Waals surface area (Å²) in [7, 11) is 0. The fourth-order valence-electron chi connectivity index (χ4n) is 5.39. The quantitative estimate of drug-likeness (QED) is 0.243. The lowest BCUT2D eigenvalue weighted by molar-refractivity contribution is 0.648. The van der Waals surface area contributed by atoms with E-state index in [-0.39, 0.29) is 0 Å². The predicted molar refractivity (Wildman–Crippen MR) is 154 cm³/mol. The summed E-state index contributed by atoms with van der Waals surface area (Å²) in [6, 6.07) is 25.7. The van der Waals surface area contributed by atoms with Gasteiger partial charge in [-0.05, 0) is 59.2 Å². The van der Waals surface area contributed by atoms with Crippen LogP contribution in [0.3, 0.4) is 0 Å². The monoisotopic (exact) mass is 487 g/mol. The van der Waals surface area contributed by atoms with E-state index in [2.05, 4.69) is 119 Å². The fourth-order valence-corrected chi connectivity index (χ4v) is 5.39. The molecule has 0 aliphatic heterocycles. The van der Waals surface area contributed by atoms with E-state index < -0.39 is 0 Å². The van der Waals surface area contributed by atoms with Crippen molar-refractivity contribution in [3.05, 3.63) is 89.6 Å². The topological polar surface area (TPSA) is 43.9 Å².